The summed E-state index contributed by atoms with van der Waals surface area (Å²) in [5.74, 6) is 0.983. The number of benzene rings is 1. The molecule has 12 heavy (non-hydrogen) atoms. The number of hydrogen-bond acceptors (Lipinski definition) is 1. The van der Waals surface area contributed by atoms with Crippen LogP contribution >= 0.6 is 38.5 Å². The van der Waals surface area contributed by atoms with E-state index < -0.39 is 0 Å². The number of aryl methyl sites for hydroxylation is 1. The van der Waals surface area contributed by atoms with Crippen LogP contribution in [0.25, 0.3) is 0 Å². The van der Waals surface area contributed by atoms with Gasteiger partial charge in [-0.15, -0.1) is 0 Å². The third kappa shape index (κ3) is 1.76. The lowest BCUT2D eigenvalue weighted by Crippen LogP contribution is -1.94. The van der Waals surface area contributed by atoms with E-state index in [1.54, 1.807) is 7.11 Å². The van der Waals surface area contributed by atoms with Crippen LogP contribution < -0.4 is 4.74 Å². The van der Waals surface area contributed by atoms with Crippen LogP contribution in [0.4, 0.5) is 0 Å². The zero-order chi connectivity index (χ0) is 9.30. The molecule has 0 bridgehead atoms. The molecule has 0 heterocycles. The number of halogens is 2. The van der Waals surface area contributed by atoms with Crippen LogP contribution in [-0.2, 0) is 0 Å². The summed E-state index contributed by atoms with van der Waals surface area (Å²) in [6, 6.07) is 2.08. The first-order valence-electron chi connectivity index (χ1n) is 3.57. The summed E-state index contributed by atoms with van der Waals surface area (Å²) in [4.78, 5) is 0. The zero-order valence-corrected chi connectivity index (χ0v) is 11.0. The minimum atomic E-state index is 0.983. The molecule has 0 saturated carbocycles. The van der Waals surface area contributed by atoms with Gasteiger partial charge in [-0.25, -0.2) is 0 Å². The molecule has 66 valence electrons. The van der Waals surface area contributed by atoms with Crippen molar-refractivity contribution in [1.29, 1.82) is 0 Å². The summed E-state index contributed by atoms with van der Waals surface area (Å²) in [5, 5.41) is 0. The number of hydrogen-bond donors (Lipinski definition) is 0. The molecule has 0 spiro atoms. The molecule has 0 atom stereocenters. The van der Waals surface area contributed by atoms with Gasteiger partial charge in [0.05, 0.1) is 10.7 Å². The second kappa shape index (κ2) is 3.96. The van der Waals surface area contributed by atoms with Crippen molar-refractivity contribution in [2.45, 2.75) is 13.8 Å². The van der Waals surface area contributed by atoms with Crippen molar-refractivity contribution >= 4 is 38.5 Å². The Morgan fingerprint density at radius 3 is 2.50 bits per heavy atom. The van der Waals surface area contributed by atoms with Crippen LogP contribution in [0.5, 0.6) is 5.75 Å². The van der Waals surface area contributed by atoms with Gasteiger partial charge < -0.3 is 4.74 Å². The summed E-state index contributed by atoms with van der Waals surface area (Å²) < 4.78 is 7.61. The van der Waals surface area contributed by atoms with E-state index in [2.05, 4.69) is 51.5 Å². The molecule has 0 aliphatic carbocycles. The average Bonchev–Trinajstić information content (AvgIpc) is 2.01. The predicted molar refractivity (Wildman–Crippen MR) is 62.9 cm³/mol. The van der Waals surface area contributed by atoms with Crippen LogP contribution in [0.15, 0.2) is 10.5 Å². The molecule has 1 aromatic carbocycles. The summed E-state index contributed by atoms with van der Waals surface area (Å²) in [5.41, 5.74) is 2.40. The number of ether oxygens (including phenoxy) is 1. The normalized spacial score (nSPS) is 10.1. The summed E-state index contributed by atoms with van der Waals surface area (Å²) in [6.45, 7) is 4.12. The molecule has 0 fully saturated rings. The maximum Gasteiger partial charge on any atom is 0.135 e. The Bertz CT molecular complexity index is 310. The van der Waals surface area contributed by atoms with E-state index in [0.29, 0.717) is 0 Å². The third-order valence-electron chi connectivity index (χ3n) is 1.79. The van der Waals surface area contributed by atoms with E-state index >= 15 is 0 Å². The Hall–Kier alpha value is 0.230. The van der Waals surface area contributed by atoms with E-state index in [4.69, 9.17) is 4.74 Å². The van der Waals surface area contributed by atoms with Crippen LogP contribution in [0.2, 0.25) is 0 Å². The quantitative estimate of drug-likeness (QED) is 0.709. The van der Waals surface area contributed by atoms with Crippen molar-refractivity contribution in [3.63, 3.8) is 0 Å². The lowest BCUT2D eigenvalue weighted by molar-refractivity contribution is 0.408. The van der Waals surface area contributed by atoms with Gasteiger partial charge in [0.1, 0.15) is 5.75 Å². The Morgan fingerprint density at radius 2 is 2.00 bits per heavy atom. The first kappa shape index (κ1) is 10.3. The van der Waals surface area contributed by atoms with Crippen molar-refractivity contribution in [2.24, 2.45) is 0 Å². The average molecular weight is 341 g/mol. The molecule has 0 unspecified atom stereocenters. The Kier molecular flexibility index (Phi) is 3.40. The fourth-order valence-electron chi connectivity index (χ4n) is 1.06. The Balaban J connectivity index is 3.40. The molecule has 0 radical (unpaired) electrons. The van der Waals surface area contributed by atoms with E-state index in [1.165, 1.54) is 14.7 Å². The molecule has 3 heteroatoms. The van der Waals surface area contributed by atoms with Gasteiger partial charge in [0.25, 0.3) is 0 Å². The highest BCUT2D eigenvalue weighted by molar-refractivity contribution is 14.1. The molecule has 0 aliphatic heterocycles. The van der Waals surface area contributed by atoms with Crippen LogP contribution in [0.1, 0.15) is 11.1 Å². The minimum absolute atomic E-state index is 0.983. The third-order valence-corrected chi connectivity index (χ3v) is 3.91. The van der Waals surface area contributed by atoms with Crippen LogP contribution in [-0.4, -0.2) is 7.11 Å². The smallest absolute Gasteiger partial charge is 0.135 e. The van der Waals surface area contributed by atoms with Gasteiger partial charge in [-0.3, -0.25) is 0 Å². The molecular formula is C9H10BrIO. The lowest BCUT2D eigenvalue weighted by Gasteiger charge is -2.10. The molecule has 1 rings (SSSR count). The molecule has 0 saturated heterocycles. The SMILES string of the molecule is COc1c(C)cc(Br)c(C)c1I. The van der Waals surface area contributed by atoms with Crippen molar-refractivity contribution in [3.05, 3.63) is 25.2 Å². The summed E-state index contributed by atoms with van der Waals surface area (Å²) in [7, 11) is 1.71. The lowest BCUT2D eigenvalue weighted by atomic mass is 10.1. The number of methoxy groups -OCH3 is 1. The molecule has 0 aromatic heterocycles. The largest absolute Gasteiger partial charge is 0.495 e. The molecule has 0 N–H and O–H groups in total. The van der Waals surface area contributed by atoms with Gasteiger partial charge in [-0.1, -0.05) is 15.9 Å². The van der Waals surface area contributed by atoms with Crippen molar-refractivity contribution in [2.75, 3.05) is 7.11 Å². The fraction of sp³-hybridized carbons (Fsp3) is 0.333. The van der Waals surface area contributed by atoms with Gasteiger partial charge >= 0.3 is 0 Å². The van der Waals surface area contributed by atoms with Gasteiger partial charge in [0.2, 0.25) is 0 Å². The summed E-state index contributed by atoms with van der Waals surface area (Å²) in [6.07, 6.45) is 0. The first-order chi connectivity index (χ1) is 5.57. The van der Waals surface area contributed by atoms with Crippen molar-refractivity contribution in [1.82, 2.24) is 0 Å². The maximum absolute atomic E-state index is 5.28. The predicted octanol–water partition coefficient (Wildman–Crippen LogP) is 3.68. The fourth-order valence-corrected chi connectivity index (χ4v) is 2.91. The first-order valence-corrected chi connectivity index (χ1v) is 5.44. The van der Waals surface area contributed by atoms with Gasteiger partial charge in [-0.2, -0.15) is 0 Å². The zero-order valence-electron chi connectivity index (χ0n) is 7.24. The standard InChI is InChI=1S/C9H10BrIO/c1-5-4-7(10)6(2)8(11)9(5)12-3/h4H,1-3H3. The highest BCUT2D eigenvalue weighted by atomic mass is 127. The van der Waals surface area contributed by atoms with Gasteiger partial charge in [-0.05, 0) is 53.6 Å². The van der Waals surface area contributed by atoms with Crippen LogP contribution in [0.3, 0.4) is 0 Å². The maximum atomic E-state index is 5.28. The number of rotatable bonds is 1. The highest BCUT2D eigenvalue weighted by Crippen LogP contribution is 2.32. The van der Waals surface area contributed by atoms with E-state index in [9.17, 15) is 0 Å². The summed E-state index contributed by atoms with van der Waals surface area (Å²) >= 11 is 5.80. The highest BCUT2D eigenvalue weighted by Gasteiger charge is 2.09. The van der Waals surface area contributed by atoms with Crippen molar-refractivity contribution < 1.29 is 4.74 Å². The van der Waals surface area contributed by atoms with Crippen molar-refractivity contribution in [3.8, 4) is 5.75 Å². The van der Waals surface area contributed by atoms with E-state index in [-0.39, 0.29) is 0 Å². The Labute approximate surface area is 94.8 Å². The second-order valence-corrected chi connectivity index (χ2v) is 4.58. The van der Waals surface area contributed by atoms with E-state index in [0.717, 1.165) is 10.2 Å². The molecule has 0 aliphatic rings. The molecule has 1 aromatic rings. The molecular weight excluding hydrogens is 331 g/mol. The van der Waals surface area contributed by atoms with Crippen LogP contribution in [0, 0.1) is 17.4 Å². The topological polar surface area (TPSA) is 9.23 Å². The minimum Gasteiger partial charge on any atom is -0.495 e. The second-order valence-electron chi connectivity index (χ2n) is 2.65. The van der Waals surface area contributed by atoms with Gasteiger partial charge in [0, 0.05) is 4.47 Å². The Morgan fingerprint density at radius 1 is 1.42 bits per heavy atom. The molecule has 1 nitrogen and oxygen atoms in total. The van der Waals surface area contributed by atoms with E-state index in [1.807, 2.05) is 6.92 Å². The molecule has 0 amide bonds. The van der Waals surface area contributed by atoms with Gasteiger partial charge in [0.15, 0.2) is 0 Å². The monoisotopic (exact) mass is 340 g/mol.